The number of hydrogen-bond donors (Lipinski definition) is 0. The fraction of sp³-hybridized carbons (Fsp3) is 0.217. The zero-order chi connectivity index (χ0) is 22.6. The van der Waals surface area contributed by atoms with Gasteiger partial charge in [0.2, 0.25) is 5.06 Å². The van der Waals surface area contributed by atoms with Gasteiger partial charge in [-0.3, -0.25) is 4.68 Å². The monoisotopic (exact) mass is 477 g/mol. The molecule has 0 fully saturated rings. The molecule has 3 aromatic rings. The van der Waals surface area contributed by atoms with E-state index in [0.717, 1.165) is 17.7 Å². The number of aromatic nitrogens is 3. The Labute approximate surface area is 192 Å². The van der Waals surface area contributed by atoms with Crippen LogP contribution in [0.2, 0.25) is 0 Å². The van der Waals surface area contributed by atoms with Gasteiger partial charge in [0, 0.05) is 11.3 Å². The van der Waals surface area contributed by atoms with Crippen LogP contribution in [0.3, 0.4) is 0 Å². The van der Waals surface area contributed by atoms with Crippen LogP contribution in [0.15, 0.2) is 95.9 Å². The minimum Gasteiger partial charge on any atom is -0.468 e. The fourth-order valence-electron chi connectivity index (χ4n) is 3.23. The molecule has 1 aliphatic carbocycles. The van der Waals surface area contributed by atoms with Crippen molar-refractivity contribution in [3.63, 3.8) is 0 Å². The number of benzene rings is 2. The van der Waals surface area contributed by atoms with Gasteiger partial charge in [0.05, 0.1) is 17.4 Å². The van der Waals surface area contributed by atoms with Crippen molar-refractivity contribution in [3.8, 4) is 5.75 Å². The molecule has 0 bridgehead atoms. The molecule has 9 heteroatoms. The van der Waals surface area contributed by atoms with Crippen LogP contribution in [-0.4, -0.2) is 25.1 Å². The van der Waals surface area contributed by atoms with Crippen molar-refractivity contribution in [2.45, 2.75) is 34.3 Å². The van der Waals surface area contributed by atoms with Gasteiger partial charge in [-0.05, 0) is 42.0 Å². The Morgan fingerprint density at radius 1 is 1.16 bits per heavy atom. The van der Waals surface area contributed by atoms with Crippen molar-refractivity contribution in [2.24, 2.45) is 0 Å². The van der Waals surface area contributed by atoms with Crippen LogP contribution < -0.4 is 4.74 Å². The van der Waals surface area contributed by atoms with E-state index in [1.165, 1.54) is 24.2 Å². The lowest BCUT2D eigenvalue weighted by Gasteiger charge is -2.29. The second-order valence-electron chi connectivity index (χ2n) is 7.19. The van der Waals surface area contributed by atoms with Gasteiger partial charge in [0.25, 0.3) is 0 Å². The number of halogens is 4. The van der Waals surface area contributed by atoms with Crippen LogP contribution in [0.25, 0.3) is 0 Å². The van der Waals surface area contributed by atoms with E-state index in [1.54, 1.807) is 23.2 Å². The van der Waals surface area contributed by atoms with Crippen LogP contribution in [0, 0.1) is 0 Å². The lowest BCUT2D eigenvalue weighted by molar-refractivity contribution is -0.137. The first-order valence-electron chi connectivity index (χ1n) is 9.79. The molecule has 0 radical (unpaired) electrons. The maximum atomic E-state index is 13.1. The van der Waals surface area contributed by atoms with Crippen LogP contribution in [0.4, 0.5) is 13.2 Å². The minimum absolute atomic E-state index is 0.200. The summed E-state index contributed by atoms with van der Waals surface area (Å²) in [6.07, 6.45) is 4.62. The summed E-state index contributed by atoms with van der Waals surface area (Å²) < 4.78 is 47.0. The molecule has 2 atom stereocenters. The molecule has 0 saturated carbocycles. The van der Waals surface area contributed by atoms with E-state index in [0.29, 0.717) is 23.6 Å². The van der Waals surface area contributed by atoms with Crippen LogP contribution >= 0.6 is 23.4 Å². The van der Waals surface area contributed by atoms with Crippen molar-refractivity contribution >= 4 is 23.4 Å². The molecule has 0 aliphatic heterocycles. The molecule has 4 nitrogen and oxygen atoms in total. The number of rotatable bonds is 7. The van der Waals surface area contributed by atoms with Gasteiger partial charge >= 0.3 is 6.18 Å². The third kappa shape index (κ3) is 5.75. The van der Waals surface area contributed by atoms with E-state index >= 15 is 0 Å². The number of para-hydroxylation sites is 1. The quantitative estimate of drug-likeness (QED) is 0.293. The zero-order valence-electron chi connectivity index (χ0n) is 16.7. The zero-order valence-corrected chi connectivity index (χ0v) is 18.3. The van der Waals surface area contributed by atoms with Crippen molar-refractivity contribution in [3.05, 3.63) is 96.6 Å². The molecular formula is C23H19ClF3N3OS. The maximum Gasteiger partial charge on any atom is 0.416 e. The molecule has 1 aliphatic rings. The Morgan fingerprint density at radius 2 is 1.97 bits per heavy atom. The van der Waals surface area contributed by atoms with E-state index in [1.807, 2.05) is 42.5 Å². The van der Waals surface area contributed by atoms with Gasteiger partial charge in [0.1, 0.15) is 18.4 Å². The summed E-state index contributed by atoms with van der Waals surface area (Å²) in [6, 6.07) is 14.6. The first-order valence-corrected chi connectivity index (χ1v) is 11.1. The average Bonchev–Trinajstić information content (AvgIpc) is 3.27. The van der Waals surface area contributed by atoms with Crippen molar-refractivity contribution < 1.29 is 17.9 Å². The molecule has 1 heterocycles. The summed E-state index contributed by atoms with van der Waals surface area (Å²) in [5.74, 6) is 0.654. The van der Waals surface area contributed by atoms with Gasteiger partial charge in [-0.2, -0.15) is 18.3 Å². The highest BCUT2D eigenvalue weighted by Gasteiger charge is 2.32. The number of alkyl halides is 4. The van der Waals surface area contributed by atoms with Crippen molar-refractivity contribution in [1.29, 1.82) is 0 Å². The SMILES string of the molecule is FC(F)(F)c1cccc(SC(Cn2cncn2)C2=CCC(Cl)(Oc3ccccc3)C=C2)c1. The van der Waals surface area contributed by atoms with E-state index in [9.17, 15) is 13.2 Å². The normalized spacial score (nSPS) is 19.4. The molecule has 0 spiro atoms. The number of nitrogens with zero attached hydrogens (tertiary/aromatic N) is 3. The lowest BCUT2D eigenvalue weighted by Crippen LogP contribution is -2.29. The molecule has 0 amide bonds. The molecule has 2 aromatic carbocycles. The van der Waals surface area contributed by atoms with Crippen molar-refractivity contribution in [1.82, 2.24) is 14.8 Å². The first kappa shape index (κ1) is 22.5. The minimum atomic E-state index is -4.39. The Morgan fingerprint density at radius 3 is 2.62 bits per heavy atom. The number of allylic oxidation sites excluding steroid dienone is 1. The summed E-state index contributed by atoms with van der Waals surface area (Å²) in [7, 11) is 0. The smallest absolute Gasteiger partial charge is 0.416 e. The third-order valence-corrected chi connectivity index (χ3v) is 6.39. The summed E-state index contributed by atoms with van der Waals surface area (Å²) in [6.45, 7) is 0.436. The molecule has 32 heavy (non-hydrogen) atoms. The van der Waals surface area contributed by atoms with Gasteiger partial charge in [0.15, 0.2) is 0 Å². The summed E-state index contributed by atoms with van der Waals surface area (Å²) >= 11 is 7.98. The Bertz CT molecular complexity index is 1100. The second-order valence-corrected chi connectivity index (χ2v) is 9.11. The Hall–Kier alpha value is -2.71. The molecule has 4 rings (SSSR count). The molecule has 1 aromatic heterocycles. The Balaban J connectivity index is 1.54. The van der Waals surface area contributed by atoms with Gasteiger partial charge < -0.3 is 4.74 Å². The van der Waals surface area contributed by atoms with E-state index in [2.05, 4.69) is 10.1 Å². The highest BCUT2D eigenvalue weighted by molar-refractivity contribution is 8.00. The van der Waals surface area contributed by atoms with Gasteiger partial charge in [-0.25, -0.2) is 4.98 Å². The highest BCUT2D eigenvalue weighted by Crippen LogP contribution is 2.38. The van der Waals surface area contributed by atoms with Crippen LogP contribution in [-0.2, 0) is 12.7 Å². The molecule has 166 valence electrons. The Kier molecular flexibility index (Phi) is 6.62. The van der Waals surface area contributed by atoms with E-state index < -0.39 is 16.8 Å². The molecular weight excluding hydrogens is 459 g/mol. The maximum absolute atomic E-state index is 13.1. The van der Waals surface area contributed by atoms with Crippen molar-refractivity contribution in [2.75, 3.05) is 0 Å². The number of hydrogen-bond acceptors (Lipinski definition) is 4. The highest BCUT2D eigenvalue weighted by atomic mass is 35.5. The predicted octanol–water partition coefficient (Wildman–Crippen LogP) is 6.36. The van der Waals surface area contributed by atoms with Gasteiger partial charge in [-0.1, -0.05) is 48.0 Å². The topological polar surface area (TPSA) is 39.9 Å². The van der Waals surface area contributed by atoms with E-state index in [-0.39, 0.29) is 5.25 Å². The standard InChI is InChI=1S/C23H19ClF3N3OS/c24-22(31-19-6-2-1-3-7-19)11-9-17(10-12-22)21(14-30-16-28-15-29-30)32-20-8-4-5-18(13-20)23(25,26)27/h1-11,13,15-16,21H,12,14H2. The van der Waals surface area contributed by atoms with Crippen LogP contribution in [0.1, 0.15) is 12.0 Å². The number of ether oxygens (including phenoxy) is 1. The predicted molar refractivity (Wildman–Crippen MR) is 119 cm³/mol. The van der Waals surface area contributed by atoms with Crippen LogP contribution in [0.5, 0.6) is 5.75 Å². The summed E-state index contributed by atoms with van der Waals surface area (Å²) in [5.41, 5.74) is 0.252. The molecule has 0 N–H and O–H groups in total. The lowest BCUT2D eigenvalue weighted by atomic mass is 10.0. The first-order chi connectivity index (χ1) is 15.3. The average molecular weight is 478 g/mol. The molecule has 0 saturated heterocycles. The summed E-state index contributed by atoms with van der Waals surface area (Å²) in [5, 5.41) is 2.92. The van der Waals surface area contributed by atoms with Gasteiger partial charge in [-0.15, -0.1) is 11.8 Å². The van der Waals surface area contributed by atoms with E-state index in [4.69, 9.17) is 16.3 Å². The molecule has 2 unspecified atom stereocenters. The number of thioether (sulfide) groups is 1. The largest absolute Gasteiger partial charge is 0.468 e. The summed E-state index contributed by atoms with van der Waals surface area (Å²) in [4.78, 5) is 4.48. The third-order valence-electron chi connectivity index (χ3n) is 4.80. The fourth-order valence-corrected chi connectivity index (χ4v) is 4.68. The second kappa shape index (κ2) is 9.42.